The highest BCUT2D eigenvalue weighted by Gasteiger charge is 2.39. The highest BCUT2D eigenvalue weighted by Crippen LogP contribution is 2.40. The Morgan fingerprint density at radius 3 is 0.937 bits per heavy atom. The maximum absolute atomic E-state index is 11.6. The third-order valence-corrected chi connectivity index (χ3v) is 23.0. The molecule has 5 aromatic carbocycles. The van der Waals surface area contributed by atoms with Gasteiger partial charge in [-0.15, -0.1) is 0 Å². The number of amides is 1. The number of piperidine rings is 5. The molecule has 0 bridgehead atoms. The number of carbonyl (C=O) groups is 3. The smallest absolute Gasteiger partial charge is 0.407 e. The molecule has 0 aromatic heterocycles. The van der Waals surface area contributed by atoms with Crippen LogP contribution >= 0.6 is 0 Å². The van der Waals surface area contributed by atoms with Crippen LogP contribution in [0.25, 0.3) is 0 Å². The molecular formula is C92H131N13O6. The summed E-state index contributed by atoms with van der Waals surface area (Å²) in [6.07, 6.45) is 19.5. The number of carbonyl (C=O) groups excluding carboxylic acids is 3. The molecular weight excluding hydrogens is 1380 g/mol. The Hall–Kier alpha value is -8.52. The Kier molecular flexibility index (Phi) is 39.8. The van der Waals surface area contributed by atoms with E-state index in [1.807, 2.05) is 69.3 Å². The predicted molar refractivity (Wildman–Crippen MR) is 442 cm³/mol. The van der Waals surface area contributed by atoms with Crippen LogP contribution in [0.15, 0.2) is 152 Å². The molecule has 5 aliphatic heterocycles. The second-order valence-electron chi connectivity index (χ2n) is 33.0. The SMILES string of the molecule is CC(C)(C)OC(=O)NCCCN1CCC(C#N)(CCc2ccccc2)CC1.CN(C)CCCN1CCC(C#N)(CCc2ccccc2)CC1.CN(C)CCN1CCC(C#N)(CCc2ccccc2)CC1.COC(=O)CN1CCC(C#N)(CCc2ccccc2)CC1.COC(=O)CN1CCC(C#N)(Cc2ccccc2)CC1. The first kappa shape index (κ1) is 91.4. The maximum atomic E-state index is 11.6. The lowest BCUT2D eigenvalue weighted by atomic mass is 9.75. The van der Waals surface area contributed by atoms with Crippen molar-refractivity contribution in [1.29, 1.82) is 26.3 Å². The number of hydrogen-bond acceptors (Lipinski definition) is 18. The van der Waals surface area contributed by atoms with Gasteiger partial charge in [0.15, 0.2) is 0 Å². The number of methoxy groups -OCH3 is 2. The minimum atomic E-state index is -0.461. The van der Waals surface area contributed by atoms with Gasteiger partial charge < -0.3 is 44.0 Å². The van der Waals surface area contributed by atoms with Gasteiger partial charge in [0.2, 0.25) is 0 Å². The van der Waals surface area contributed by atoms with Crippen molar-refractivity contribution >= 4 is 18.0 Å². The van der Waals surface area contributed by atoms with E-state index in [9.17, 15) is 40.7 Å². The van der Waals surface area contributed by atoms with Crippen LogP contribution in [0.5, 0.6) is 0 Å². The van der Waals surface area contributed by atoms with Crippen molar-refractivity contribution in [1.82, 2.24) is 39.6 Å². The van der Waals surface area contributed by atoms with E-state index >= 15 is 0 Å². The van der Waals surface area contributed by atoms with Gasteiger partial charge in [-0.05, 0) is 271 Å². The third kappa shape index (κ3) is 34.6. The first-order valence-corrected chi connectivity index (χ1v) is 40.7. The molecule has 0 saturated carbocycles. The van der Waals surface area contributed by atoms with E-state index in [0.29, 0.717) is 19.6 Å². The quantitative estimate of drug-likeness (QED) is 0.0266. The first-order valence-electron chi connectivity index (χ1n) is 40.7. The van der Waals surface area contributed by atoms with Crippen molar-refractivity contribution in [2.24, 2.45) is 27.1 Å². The van der Waals surface area contributed by atoms with Crippen LogP contribution < -0.4 is 5.32 Å². The maximum Gasteiger partial charge on any atom is 0.407 e. The summed E-state index contributed by atoms with van der Waals surface area (Å²) in [4.78, 5) is 50.2. The van der Waals surface area contributed by atoms with Gasteiger partial charge in [-0.25, -0.2) is 4.79 Å². The Morgan fingerprint density at radius 2 is 0.658 bits per heavy atom. The molecule has 0 radical (unpaired) electrons. The highest BCUT2D eigenvalue weighted by atomic mass is 16.6. The molecule has 5 aromatic rings. The highest BCUT2D eigenvalue weighted by molar-refractivity contribution is 5.72. The largest absolute Gasteiger partial charge is 0.468 e. The van der Waals surface area contributed by atoms with Crippen molar-refractivity contribution in [3.8, 4) is 30.3 Å². The molecule has 5 aliphatic rings. The Balaban J connectivity index is 0.000000217. The average Bonchev–Trinajstić information content (AvgIpc) is 0.864. The predicted octanol–water partition coefficient (Wildman–Crippen LogP) is 14.5. The number of likely N-dealkylation sites (tertiary alicyclic amines) is 5. The van der Waals surface area contributed by atoms with Gasteiger partial charge in [0.1, 0.15) is 5.60 Å². The molecule has 1 amide bonds. The van der Waals surface area contributed by atoms with Crippen LogP contribution in [-0.4, -0.2) is 218 Å². The number of esters is 2. The molecule has 5 heterocycles. The van der Waals surface area contributed by atoms with Crippen molar-refractivity contribution in [3.63, 3.8) is 0 Å². The molecule has 19 heteroatoms. The number of nitrogens with one attached hydrogen (secondary N) is 1. The number of likely N-dealkylation sites (N-methyl/N-ethyl adjacent to an activating group) is 1. The summed E-state index contributed by atoms with van der Waals surface area (Å²) < 4.78 is 14.6. The Labute approximate surface area is 667 Å². The number of ether oxygens (including phenoxy) is 3. The van der Waals surface area contributed by atoms with Crippen LogP contribution in [-0.2, 0) is 55.9 Å². The fraction of sp³-hybridized carbons (Fsp3) is 0.587. The lowest BCUT2D eigenvalue weighted by Crippen LogP contribution is -2.42. The molecule has 10 rings (SSSR count). The van der Waals surface area contributed by atoms with E-state index in [2.05, 4.69) is 206 Å². The molecule has 0 spiro atoms. The standard InChI is InChI=1S/C22H33N3O2.C19H29N3.C18H27N3.C17H22N2O2.C16H20N2O2/c1-21(2,3)27-20(26)24-14-7-15-25-16-12-22(18-23,13-17-25)11-10-19-8-5-4-6-9-19;1-21(2)13-6-14-22-15-11-19(17-20,12-16-22)10-9-18-7-4-3-5-8-18;1-20(2)14-15-21-12-10-18(16-19,11-13-21)9-8-17-6-4-3-5-7-17;1-21-16(20)13-19-11-9-17(14-18,10-12-19)8-7-15-5-3-2-4-6-15;1-20-15(19)12-18-9-7-16(13-17,8-10-18)11-14-5-3-2-4-6-14/h4-6,8-9H,7,10-17H2,1-3H3,(H,24,26);3-5,7-8H,6,9-16H2,1-2H3;3-7H,8-15H2,1-2H3;2-6H,7-13H2,1H3;2-6H,7-12H2,1H3. The van der Waals surface area contributed by atoms with E-state index in [4.69, 9.17) is 9.47 Å². The van der Waals surface area contributed by atoms with Gasteiger partial charge in [0, 0.05) is 45.8 Å². The zero-order chi connectivity index (χ0) is 80.3. The van der Waals surface area contributed by atoms with Crippen molar-refractivity contribution in [3.05, 3.63) is 179 Å². The first-order chi connectivity index (χ1) is 53.4. The van der Waals surface area contributed by atoms with Crippen LogP contribution in [0.2, 0.25) is 0 Å². The normalized spacial score (nSPS) is 18.0. The minimum absolute atomic E-state index is 0.103. The number of aryl methyl sites for hydroxylation is 4. The van der Waals surface area contributed by atoms with Gasteiger partial charge >= 0.3 is 18.0 Å². The molecule has 600 valence electrons. The van der Waals surface area contributed by atoms with E-state index in [0.717, 1.165) is 220 Å². The van der Waals surface area contributed by atoms with E-state index in [1.165, 1.54) is 55.0 Å². The van der Waals surface area contributed by atoms with Gasteiger partial charge in [-0.2, -0.15) is 26.3 Å². The van der Waals surface area contributed by atoms with Gasteiger partial charge in [-0.3, -0.25) is 19.4 Å². The average molecular weight is 1520 g/mol. The zero-order valence-corrected chi connectivity index (χ0v) is 68.8. The number of alkyl carbamates (subject to hydrolysis) is 1. The Bertz CT molecular complexity index is 3650. The molecule has 19 nitrogen and oxygen atoms in total. The lowest BCUT2D eigenvalue weighted by molar-refractivity contribution is -0.143. The monoisotopic (exact) mass is 1510 g/mol. The van der Waals surface area contributed by atoms with Crippen molar-refractivity contribution < 1.29 is 28.6 Å². The summed E-state index contributed by atoms with van der Waals surface area (Å²) in [7, 11) is 11.3. The van der Waals surface area contributed by atoms with Crippen molar-refractivity contribution in [2.45, 2.75) is 161 Å². The topological polar surface area (TPSA) is 233 Å². The minimum Gasteiger partial charge on any atom is -0.468 e. The third-order valence-electron chi connectivity index (χ3n) is 23.0. The molecule has 0 unspecified atom stereocenters. The number of benzene rings is 5. The molecule has 0 atom stereocenters. The number of nitriles is 5. The summed E-state index contributed by atoms with van der Waals surface area (Å²) in [6, 6.07) is 64.9. The van der Waals surface area contributed by atoms with Gasteiger partial charge in [0.05, 0.1) is 84.7 Å². The van der Waals surface area contributed by atoms with E-state index in [1.54, 1.807) is 0 Å². The van der Waals surface area contributed by atoms with Gasteiger partial charge in [-0.1, -0.05) is 152 Å². The lowest BCUT2D eigenvalue weighted by Gasteiger charge is -2.37. The van der Waals surface area contributed by atoms with Crippen LogP contribution in [0.3, 0.4) is 0 Å². The van der Waals surface area contributed by atoms with Crippen LogP contribution in [0.1, 0.15) is 151 Å². The number of rotatable bonds is 29. The van der Waals surface area contributed by atoms with Crippen LogP contribution in [0, 0.1) is 83.7 Å². The summed E-state index contributed by atoms with van der Waals surface area (Å²) in [6.45, 7) is 21.6. The fourth-order valence-corrected chi connectivity index (χ4v) is 15.2. The van der Waals surface area contributed by atoms with Crippen molar-refractivity contribution in [2.75, 3.05) is 160 Å². The zero-order valence-electron chi connectivity index (χ0n) is 68.8. The molecule has 0 aliphatic carbocycles. The van der Waals surface area contributed by atoms with E-state index < -0.39 is 5.60 Å². The fourth-order valence-electron chi connectivity index (χ4n) is 15.2. The summed E-state index contributed by atoms with van der Waals surface area (Å²) in [5, 5.41) is 51.0. The van der Waals surface area contributed by atoms with Crippen LogP contribution in [0.4, 0.5) is 4.79 Å². The van der Waals surface area contributed by atoms with E-state index in [-0.39, 0.29) is 45.1 Å². The molecule has 5 saturated heterocycles. The molecule has 111 heavy (non-hydrogen) atoms. The second-order valence-corrected chi connectivity index (χ2v) is 33.0. The number of hydrogen-bond donors (Lipinski definition) is 1. The Morgan fingerprint density at radius 1 is 0.387 bits per heavy atom. The second kappa shape index (κ2) is 48.4. The summed E-state index contributed by atoms with van der Waals surface area (Å²) in [5.41, 5.74) is 5.09. The summed E-state index contributed by atoms with van der Waals surface area (Å²) in [5.74, 6) is -0.415. The molecule has 5 fully saturated rings. The molecule has 1 N–H and O–H groups in total. The van der Waals surface area contributed by atoms with Gasteiger partial charge in [0.25, 0.3) is 0 Å². The number of nitrogens with zero attached hydrogens (tertiary/aromatic N) is 12. The summed E-state index contributed by atoms with van der Waals surface area (Å²) >= 11 is 0.